The number of amides is 2. The number of aryl methyl sites for hydroxylation is 1. The van der Waals surface area contributed by atoms with E-state index in [0.29, 0.717) is 13.1 Å². The van der Waals surface area contributed by atoms with E-state index in [1.165, 1.54) is 4.90 Å². The van der Waals surface area contributed by atoms with Gasteiger partial charge in [0.1, 0.15) is 0 Å². The third-order valence-corrected chi connectivity index (χ3v) is 4.67. The molecule has 2 unspecified atom stereocenters. The molecule has 1 heterocycles. The normalized spacial score (nSPS) is 22.1. The van der Waals surface area contributed by atoms with Crippen molar-refractivity contribution in [2.24, 2.45) is 0 Å². The fourth-order valence-electron chi connectivity index (χ4n) is 2.73. The van der Waals surface area contributed by atoms with Gasteiger partial charge in [0.2, 0.25) is 0 Å². The first-order chi connectivity index (χ1) is 10.6. The first-order valence-electron chi connectivity index (χ1n) is 8.15. The molecule has 2 amide bonds. The summed E-state index contributed by atoms with van der Waals surface area (Å²) in [4.78, 5) is 15.5. The van der Waals surface area contributed by atoms with Crippen LogP contribution in [0.3, 0.4) is 0 Å². The third kappa shape index (κ3) is 5.43. The van der Waals surface area contributed by atoms with E-state index in [0.717, 1.165) is 11.3 Å². The van der Waals surface area contributed by atoms with Crippen LogP contribution in [-0.2, 0) is 4.74 Å². The number of urea groups is 1. The van der Waals surface area contributed by atoms with Crippen molar-refractivity contribution in [3.63, 3.8) is 0 Å². The number of nitrogens with zero attached hydrogens (tertiary/aromatic N) is 1. The molecule has 5 heteroatoms. The summed E-state index contributed by atoms with van der Waals surface area (Å²) in [7, 11) is 0. The molecular weight excluding hydrogens is 308 g/mol. The highest BCUT2D eigenvalue weighted by atomic mass is 32.2. The number of hydrogen-bond acceptors (Lipinski definition) is 3. The van der Waals surface area contributed by atoms with Crippen molar-refractivity contribution in [1.82, 2.24) is 4.90 Å². The van der Waals surface area contributed by atoms with Crippen molar-refractivity contribution in [3.05, 3.63) is 23.8 Å². The van der Waals surface area contributed by atoms with Crippen LogP contribution in [0.2, 0.25) is 0 Å². The van der Waals surface area contributed by atoms with Gasteiger partial charge in [-0.15, -0.1) is 11.8 Å². The van der Waals surface area contributed by atoms with Gasteiger partial charge in [-0.2, -0.15) is 0 Å². The largest absolute Gasteiger partial charge is 0.372 e. The zero-order valence-electron chi connectivity index (χ0n) is 15.0. The van der Waals surface area contributed by atoms with Crippen LogP contribution in [0, 0.1) is 6.92 Å². The number of hydrogen-bond donors (Lipinski definition) is 1. The summed E-state index contributed by atoms with van der Waals surface area (Å²) in [5.41, 5.74) is 1.96. The van der Waals surface area contributed by atoms with Crippen LogP contribution in [0.5, 0.6) is 0 Å². The summed E-state index contributed by atoms with van der Waals surface area (Å²) < 4.78 is 5.86. The zero-order valence-corrected chi connectivity index (χ0v) is 15.8. The minimum atomic E-state index is -0.0497. The van der Waals surface area contributed by atoms with Crippen molar-refractivity contribution < 1.29 is 9.53 Å². The summed E-state index contributed by atoms with van der Waals surface area (Å²) >= 11 is 1.83. The standard InChI is InChI=1S/C18H28N2O2S/c1-12-9-15(23-18(4,5)6)7-8-16(12)19-17(21)20-10-13(2)22-14(3)11-20/h7-9,13-14H,10-11H2,1-6H3,(H,19,21). The molecule has 1 aliphatic rings. The number of anilines is 1. The van der Waals surface area contributed by atoms with Gasteiger partial charge in [-0.3, -0.25) is 0 Å². The van der Waals surface area contributed by atoms with E-state index in [1.807, 2.05) is 43.5 Å². The van der Waals surface area contributed by atoms with E-state index in [2.05, 4.69) is 38.2 Å². The number of rotatable bonds is 2. The molecule has 0 spiro atoms. The molecule has 1 aromatic carbocycles. The lowest BCUT2D eigenvalue weighted by Gasteiger charge is -2.35. The Balaban J connectivity index is 2.03. The van der Waals surface area contributed by atoms with Crippen molar-refractivity contribution in [3.8, 4) is 0 Å². The molecular formula is C18H28N2O2S. The van der Waals surface area contributed by atoms with Crippen LogP contribution in [0.1, 0.15) is 40.2 Å². The maximum absolute atomic E-state index is 12.5. The highest BCUT2D eigenvalue weighted by molar-refractivity contribution is 8.00. The van der Waals surface area contributed by atoms with E-state index >= 15 is 0 Å². The van der Waals surface area contributed by atoms with Gasteiger partial charge < -0.3 is 15.0 Å². The molecule has 1 N–H and O–H groups in total. The van der Waals surface area contributed by atoms with Gasteiger partial charge >= 0.3 is 6.03 Å². The van der Waals surface area contributed by atoms with Gasteiger partial charge in [0.05, 0.1) is 12.2 Å². The monoisotopic (exact) mass is 336 g/mol. The predicted octanol–water partition coefficient (Wildman–Crippen LogP) is 4.53. The summed E-state index contributed by atoms with van der Waals surface area (Å²) in [5, 5.41) is 3.03. The average Bonchev–Trinajstić information content (AvgIpc) is 2.38. The van der Waals surface area contributed by atoms with Crippen LogP contribution in [-0.4, -0.2) is 41.0 Å². The van der Waals surface area contributed by atoms with E-state index < -0.39 is 0 Å². The number of thioether (sulfide) groups is 1. The Morgan fingerprint density at radius 1 is 1.26 bits per heavy atom. The molecule has 128 valence electrons. The fraction of sp³-hybridized carbons (Fsp3) is 0.611. The van der Waals surface area contributed by atoms with Crippen LogP contribution in [0.25, 0.3) is 0 Å². The molecule has 0 aliphatic carbocycles. The number of morpholine rings is 1. The molecule has 2 rings (SSSR count). The fourth-order valence-corrected chi connectivity index (χ4v) is 3.81. The first-order valence-corrected chi connectivity index (χ1v) is 8.97. The number of carbonyl (C=O) groups excluding carboxylic acids is 1. The molecule has 1 aromatic rings. The number of benzene rings is 1. The molecule has 1 aliphatic heterocycles. The molecule has 1 saturated heterocycles. The van der Waals surface area contributed by atoms with Gasteiger partial charge in [-0.05, 0) is 44.5 Å². The van der Waals surface area contributed by atoms with Crippen molar-refractivity contribution in [1.29, 1.82) is 0 Å². The van der Waals surface area contributed by atoms with Gasteiger partial charge in [0.25, 0.3) is 0 Å². The second kappa shape index (κ2) is 7.14. The number of carbonyl (C=O) groups is 1. The van der Waals surface area contributed by atoms with Crippen molar-refractivity contribution >= 4 is 23.5 Å². The second-order valence-electron chi connectivity index (χ2n) is 7.28. The Morgan fingerprint density at radius 3 is 2.39 bits per heavy atom. The maximum Gasteiger partial charge on any atom is 0.322 e. The van der Waals surface area contributed by atoms with E-state index in [9.17, 15) is 4.79 Å². The lowest BCUT2D eigenvalue weighted by atomic mass is 10.2. The minimum Gasteiger partial charge on any atom is -0.372 e. The quantitative estimate of drug-likeness (QED) is 0.807. The Bertz CT molecular complexity index is 559. The lowest BCUT2D eigenvalue weighted by Crippen LogP contribution is -2.49. The van der Waals surface area contributed by atoms with E-state index in [1.54, 1.807) is 0 Å². The number of nitrogens with one attached hydrogen (secondary N) is 1. The first kappa shape index (κ1) is 18.1. The molecule has 0 saturated carbocycles. The Kier molecular flexibility index (Phi) is 5.63. The topological polar surface area (TPSA) is 41.6 Å². The second-order valence-corrected chi connectivity index (χ2v) is 9.18. The number of ether oxygens (including phenoxy) is 1. The van der Waals surface area contributed by atoms with E-state index in [-0.39, 0.29) is 23.0 Å². The van der Waals surface area contributed by atoms with Crippen LogP contribution >= 0.6 is 11.8 Å². The highest BCUT2D eigenvalue weighted by Crippen LogP contribution is 2.33. The lowest BCUT2D eigenvalue weighted by molar-refractivity contribution is -0.0530. The third-order valence-electron chi connectivity index (χ3n) is 3.57. The minimum absolute atomic E-state index is 0.0497. The summed E-state index contributed by atoms with van der Waals surface area (Å²) in [6, 6.07) is 6.15. The summed E-state index contributed by atoms with van der Waals surface area (Å²) in [6.45, 7) is 13.9. The Morgan fingerprint density at radius 2 is 1.87 bits per heavy atom. The van der Waals surface area contributed by atoms with Crippen LogP contribution in [0.4, 0.5) is 10.5 Å². The van der Waals surface area contributed by atoms with Crippen LogP contribution in [0.15, 0.2) is 23.1 Å². The molecule has 2 atom stereocenters. The van der Waals surface area contributed by atoms with Crippen LogP contribution < -0.4 is 5.32 Å². The molecule has 0 aromatic heterocycles. The molecule has 1 fully saturated rings. The Labute approximate surface area is 144 Å². The summed E-state index contributed by atoms with van der Waals surface area (Å²) in [5.74, 6) is 0. The molecule has 4 nitrogen and oxygen atoms in total. The van der Waals surface area contributed by atoms with Crippen molar-refractivity contribution in [2.45, 2.75) is 63.4 Å². The van der Waals surface area contributed by atoms with Gasteiger partial charge in [-0.25, -0.2) is 4.79 Å². The highest BCUT2D eigenvalue weighted by Gasteiger charge is 2.26. The zero-order chi connectivity index (χ0) is 17.2. The molecule has 0 bridgehead atoms. The molecule has 0 radical (unpaired) electrons. The Hall–Kier alpha value is -1.20. The smallest absolute Gasteiger partial charge is 0.322 e. The molecule has 23 heavy (non-hydrogen) atoms. The van der Waals surface area contributed by atoms with Gasteiger partial charge in [0, 0.05) is 28.4 Å². The maximum atomic E-state index is 12.5. The SMILES string of the molecule is Cc1cc(SC(C)(C)C)ccc1NC(=O)N1CC(C)OC(C)C1. The van der Waals surface area contributed by atoms with Gasteiger partial charge in [-0.1, -0.05) is 20.8 Å². The van der Waals surface area contributed by atoms with Gasteiger partial charge in [0.15, 0.2) is 0 Å². The average molecular weight is 337 g/mol. The van der Waals surface area contributed by atoms with Crippen molar-refractivity contribution in [2.75, 3.05) is 18.4 Å². The predicted molar refractivity (Wildman–Crippen MR) is 97.4 cm³/mol. The van der Waals surface area contributed by atoms with E-state index in [4.69, 9.17) is 4.74 Å². The summed E-state index contributed by atoms with van der Waals surface area (Å²) in [6.07, 6.45) is 0.160.